The van der Waals surface area contributed by atoms with Crippen LogP contribution in [0.2, 0.25) is 5.02 Å². The highest BCUT2D eigenvalue weighted by atomic mass is 35.5. The number of hydrogen-bond donors (Lipinski definition) is 1. The maximum Gasteiger partial charge on any atom is 0.0508 e. The van der Waals surface area contributed by atoms with Gasteiger partial charge in [0.05, 0.1) is 5.69 Å². The predicted octanol–water partition coefficient (Wildman–Crippen LogP) is 2.99. The molecule has 16 heavy (non-hydrogen) atoms. The standard InChI is InChI=1S/C12H17ClN2S/c1-9-8-16-12-7-10(13)3-4-11(12)15(9)6-2-5-14/h3-4,7,9H,2,5-6,8,14H2,1H3. The molecule has 2 rings (SSSR count). The monoisotopic (exact) mass is 256 g/mol. The lowest BCUT2D eigenvalue weighted by atomic mass is 10.2. The van der Waals surface area contributed by atoms with E-state index in [1.807, 2.05) is 17.8 Å². The van der Waals surface area contributed by atoms with E-state index in [0.29, 0.717) is 6.04 Å². The third-order valence-electron chi connectivity index (χ3n) is 2.85. The van der Waals surface area contributed by atoms with E-state index < -0.39 is 0 Å². The summed E-state index contributed by atoms with van der Waals surface area (Å²) in [6, 6.07) is 6.72. The molecule has 2 N–H and O–H groups in total. The Morgan fingerprint density at radius 2 is 2.38 bits per heavy atom. The fraction of sp³-hybridized carbons (Fsp3) is 0.500. The Morgan fingerprint density at radius 3 is 3.12 bits per heavy atom. The first-order valence-electron chi connectivity index (χ1n) is 5.61. The van der Waals surface area contributed by atoms with Crippen LogP contribution in [0.3, 0.4) is 0 Å². The van der Waals surface area contributed by atoms with Gasteiger partial charge in [-0.15, -0.1) is 11.8 Å². The van der Waals surface area contributed by atoms with E-state index in [-0.39, 0.29) is 0 Å². The average molecular weight is 257 g/mol. The number of rotatable bonds is 3. The van der Waals surface area contributed by atoms with Crippen LogP contribution in [0.1, 0.15) is 13.3 Å². The number of nitrogens with zero attached hydrogens (tertiary/aromatic N) is 1. The number of halogens is 1. The van der Waals surface area contributed by atoms with E-state index in [4.69, 9.17) is 17.3 Å². The molecular weight excluding hydrogens is 240 g/mol. The van der Waals surface area contributed by atoms with Crippen LogP contribution in [-0.2, 0) is 0 Å². The number of fused-ring (bicyclic) bond motifs is 1. The van der Waals surface area contributed by atoms with Crippen molar-refractivity contribution in [3.8, 4) is 0 Å². The highest BCUT2D eigenvalue weighted by Gasteiger charge is 2.22. The number of anilines is 1. The molecule has 0 radical (unpaired) electrons. The zero-order valence-electron chi connectivity index (χ0n) is 9.45. The molecule has 0 saturated carbocycles. The van der Waals surface area contributed by atoms with Crippen LogP contribution in [-0.4, -0.2) is 24.9 Å². The van der Waals surface area contributed by atoms with Gasteiger partial charge in [0.1, 0.15) is 0 Å². The fourth-order valence-electron chi connectivity index (χ4n) is 1.98. The molecule has 0 saturated heterocycles. The van der Waals surface area contributed by atoms with E-state index in [2.05, 4.69) is 24.0 Å². The minimum Gasteiger partial charge on any atom is -0.367 e. The minimum absolute atomic E-state index is 0.574. The topological polar surface area (TPSA) is 29.3 Å². The third-order valence-corrected chi connectivity index (χ3v) is 4.37. The third kappa shape index (κ3) is 2.47. The van der Waals surface area contributed by atoms with Gasteiger partial charge in [0.15, 0.2) is 0 Å². The maximum atomic E-state index is 6.01. The zero-order chi connectivity index (χ0) is 11.5. The molecule has 1 aliphatic heterocycles. The van der Waals surface area contributed by atoms with Crippen molar-refractivity contribution < 1.29 is 0 Å². The Bertz CT molecular complexity index is 370. The first-order chi connectivity index (χ1) is 7.72. The van der Waals surface area contributed by atoms with Gasteiger partial charge in [0.25, 0.3) is 0 Å². The van der Waals surface area contributed by atoms with Gasteiger partial charge in [-0.2, -0.15) is 0 Å². The quantitative estimate of drug-likeness (QED) is 0.902. The average Bonchev–Trinajstić information content (AvgIpc) is 2.28. The highest BCUT2D eigenvalue weighted by Crippen LogP contribution is 2.38. The SMILES string of the molecule is CC1CSc2cc(Cl)ccc2N1CCCN. The summed E-state index contributed by atoms with van der Waals surface area (Å²) in [6.45, 7) is 4.05. The molecule has 2 nitrogen and oxygen atoms in total. The summed E-state index contributed by atoms with van der Waals surface area (Å²) in [6.07, 6.45) is 1.04. The zero-order valence-corrected chi connectivity index (χ0v) is 11.0. The van der Waals surface area contributed by atoms with E-state index in [0.717, 1.165) is 30.3 Å². The lowest BCUT2D eigenvalue weighted by molar-refractivity contribution is 0.652. The van der Waals surface area contributed by atoms with Crippen LogP contribution in [0.4, 0.5) is 5.69 Å². The lowest BCUT2D eigenvalue weighted by Gasteiger charge is -2.36. The van der Waals surface area contributed by atoms with Gasteiger partial charge in [0, 0.05) is 28.3 Å². The van der Waals surface area contributed by atoms with Crippen molar-refractivity contribution in [3.63, 3.8) is 0 Å². The van der Waals surface area contributed by atoms with Crippen molar-refractivity contribution in [3.05, 3.63) is 23.2 Å². The van der Waals surface area contributed by atoms with Crippen LogP contribution >= 0.6 is 23.4 Å². The van der Waals surface area contributed by atoms with Crippen LogP contribution < -0.4 is 10.6 Å². The molecule has 1 atom stereocenters. The molecule has 4 heteroatoms. The van der Waals surface area contributed by atoms with Crippen molar-refractivity contribution in [1.29, 1.82) is 0 Å². The number of nitrogens with two attached hydrogens (primary N) is 1. The van der Waals surface area contributed by atoms with Gasteiger partial charge in [-0.05, 0) is 38.1 Å². The summed E-state index contributed by atoms with van der Waals surface area (Å²) in [5.41, 5.74) is 6.89. The second-order valence-electron chi connectivity index (χ2n) is 4.11. The smallest absolute Gasteiger partial charge is 0.0508 e. The molecule has 88 valence electrons. The Kier molecular flexibility index (Phi) is 4.00. The molecular formula is C12H17ClN2S. The first-order valence-corrected chi connectivity index (χ1v) is 6.98. The van der Waals surface area contributed by atoms with Crippen LogP contribution in [0.25, 0.3) is 0 Å². The fourth-order valence-corrected chi connectivity index (χ4v) is 3.36. The van der Waals surface area contributed by atoms with Crippen LogP contribution in [0.5, 0.6) is 0 Å². The highest BCUT2D eigenvalue weighted by molar-refractivity contribution is 7.99. The van der Waals surface area contributed by atoms with Crippen LogP contribution in [0.15, 0.2) is 23.1 Å². The van der Waals surface area contributed by atoms with Gasteiger partial charge < -0.3 is 10.6 Å². The summed E-state index contributed by atoms with van der Waals surface area (Å²) < 4.78 is 0. The molecule has 0 spiro atoms. The van der Waals surface area contributed by atoms with E-state index >= 15 is 0 Å². The summed E-state index contributed by atoms with van der Waals surface area (Å²) in [4.78, 5) is 3.73. The molecule has 1 aromatic carbocycles. The minimum atomic E-state index is 0.574. The molecule has 0 fully saturated rings. The van der Waals surface area contributed by atoms with Crippen molar-refractivity contribution in [2.24, 2.45) is 5.73 Å². The van der Waals surface area contributed by atoms with Crippen molar-refractivity contribution in [1.82, 2.24) is 0 Å². The number of thioether (sulfide) groups is 1. The largest absolute Gasteiger partial charge is 0.367 e. The van der Waals surface area contributed by atoms with Gasteiger partial charge in [0.2, 0.25) is 0 Å². The lowest BCUT2D eigenvalue weighted by Crippen LogP contribution is -2.39. The summed E-state index contributed by atoms with van der Waals surface area (Å²) in [7, 11) is 0. The summed E-state index contributed by atoms with van der Waals surface area (Å²) in [5.74, 6) is 1.12. The maximum absolute atomic E-state index is 6.01. The second-order valence-corrected chi connectivity index (χ2v) is 5.61. The van der Waals surface area contributed by atoms with E-state index in [1.165, 1.54) is 10.6 Å². The molecule has 0 bridgehead atoms. The normalized spacial score (nSPS) is 19.7. The van der Waals surface area contributed by atoms with Gasteiger partial charge in [-0.25, -0.2) is 0 Å². The second kappa shape index (κ2) is 5.30. The Morgan fingerprint density at radius 1 is 1.56 bits per heavy atom. The summed E-state index contributed by atoms with van der Waals surface area (Å²) >= 11 is 7.90. The predicted molar refractivity (Wildman–Crippen MR) is 72.7 cm³/mol. The van der Waals surface area contributed by atoms with Crippen molar-refractivity contribution >= 4 is 29.1 Å². The molecule has 1 aliphatic rings. The van der Waals surface area contributed by atoms with E-state index in [9.17, 15) is 0 Å². The molecule has 1 aromatic rings. The van der Waals surface area contributed by atoms with Gasteiger partial charge in [-0.3, -0.25) is 0 Å². The first kappa shape index (κ1) is 12.1. The molecule has 0 aliphatic carbocycles. The molecule has 1 heterocycles. The molecule has 1 unspecified atom stereocenters. The van der Waals surface area contributed by atoms with Gasteiger partial charge in [-0.1, -0.05) is 11.6 Å². The van der Waals surface area contributed by atoms with Crippen molar-refractivity contribution in [2.45, 2.75) is 24.3 Å². The Hall–Kier alpha value is -0.380. The van der Waals surface area contributed by atoms with Crippen molar-refractivity contribution in [2.75, 3.05) is 23.7 Å². The molecule has 0 aromatic heterocycles. The van der Waals surface area contributed by atoms with Gasteiger partial charge >= 0.3 is 0 Å². The number of benzene rings is 1. The van der Waals surface area contributed by atoms with E-state index in [1.54, 1.807) is 0 Å². The number of hydrogen-bond acceptors (Lipinski definition) is 3. The summed E-state index contributed by atoms with van der Waals surface area (Å²) in [5, 5.41) is 0.819. The Balaban J connectivity index is 2.25. The Labute approximate surface area is 106 Å². The molecule has 0 amide bonds. The van der Waals surface area contributed by atoms with Crippen LogP contribution in [0, 0.1) is 0 Å².